The molecule has 7 nitrogen and oxygen atoms in total. The van der Waals surface area contributed by atoms with Crippen LogP contribution in [0.1, 0.15) is 39.0 Å². The van der Waals surface area contributed by atoms with Gasteiger partial charge in [-0.15, -0.1) is 0 Å². The van der Waals surface area contributed by atoms with Gasteiger partial charge in [0.1, 0.15) is 6.10 Å². The lowest BCUT2D eigenvalue weighted by atomic mass is 9.53. The smallest absolute Gasteiger partial charge is 0.310 e. The second-order valence-electron chi connectivity index (χ2n) is 10.4. The van der Waals surface area contributed by atoms with Gasteiger partial charge in [0.2, 0.25) is 5.95 Å². The van der Waals surface area contributed by atoms with Crippen LogP contribution in [0.2, 0.25) is 0 Å². The van der Waals surface area contributed by atoms with Crippen molar-refractivity contribution in [1.82, 2.24) is 14.9 Å². The number of nitrogens with zero attached hydrogens (tertiary/aromatic N) is 4. The third-order valence-electron chi connectivity index (χ3n) is 8.74. The van der Waals surface area contributed by atoms with E-state index in [4.69, 9.17) is 9.47 Å². The largest absolute Gasteiger partial charge is 0.462 e. The van der Waals surface area contributed by atoms with E-state index < -0.39 is 0 Å². The average molecular weight is 413 g/mol. The molecule has 162 valence electrons. The number of piperazine rings is 1. The van der Waals surface area contributed by atoms with Crippen LogP contribution in [0.4, 0.5) is 5.95 Å². The molecule has 0 bridgehead atoms. The second kappa shape index (κ2) is 6.89. The van der Waals surface area contributed by atoms with E-state index >= 15 is 0 Å². The summed E-state index contributed by atoms with van der Waals surface area (Å²) in [6, 6.07) is 1.85. The summed E-state index contributed by atoms with van der Waals surface area (Å²) in [5.74, 6) is 1.79. The molecule has 7 heteroatoms. The van der Waals surface area contributed by atoms with E-state index in [0.717, 1.165) is 58.1 Å². The Bertz CT molecular complexity index is 808. The highest BCUT2D eigenvalue weighted by atomic mass is 16.6. The standard InChI is InChI=1S/C23H32N4O3/c1-22-4-2-5-23(15-29-23)19(22)12-16-17(20(28)30-18(16)13-22)14-26-8-10-27(11-9-26)21-24-6-3-7-25-21/h3,6-7,16-19H,2,4-5,8-15H2,1H3/t16-,17-,18-,19+,22-,23+/m1/s1. The van der Waals surface area contributed by atoms with E-state index in [9.17, 15) is 4.79 Å². The zero-order chi connectivity index (χ0) is 20.3. The number of epoxide rings is 1. The van der Waals surface area contributed by atoms with Gasteiger partial charge in [0.25, 0.3) is 0 Å². The number of esters is 1. The minimum Gasteiger partial charge on any atom is -0.462 e. The Kier molecular flexibility index (Phi) is 4.36. The van der Waals surface area contributed by atoms with Crippen LogP contribution in [0.5, 0.6) is 0 Å². The van der Waals surface area contributed by atoms with Crippen LogP contribution < -0.4 is 4.90 Å². The monoisotopic (exact) mass is 412 g/mol. The zero-order valence-corrected chi connectivity index (χ0v) is 17.8. The highest BCUT2D eigenvalue weighted by molar-refractivity contribution is 5.75. The van der Waals surface area contributed by atoms with Gasteiger partial charge in [-0.2, -0.15) is 0 Å². The molecule has 2 aliphatic carbocycles. The van der Waals surface area contributed by atoms with Gasteiger partial charge in [0.15, 0.2) is 0 Å². The number of fused-ring (bicyclic) bond motifs is 3. The Labute approximate surface area is 178 Å². The van der Waals surface area contributed by atoms with Gasteiger partial charge in [0, 0.05) is 51.0 Å². The first-order valence-corrected chi connectivity index (χ1v) is 11.7. The summed E-state index contributed by atoms with van der Waals surface area (Å²) in [5.41, 5.74) is 0.391. The summed E-state index contributed by atoms with van der Waals surface area (Å²) in [6.45, 7) is 7.84. The number of carbonyl (C=O) groups is 1. The Morgan fingerprint density at radius 1 is 1.17 bits per heavy atom. The molecule has 3 aliphatic heterocycles. The van der Waals surface area contributed by atoms with Crippen molar-refractivity contribution in [3.8, 4) is 0 Å². The predicted octanol–water partition coefficient (Wildman–Crippen LogP) is 2.13. The maximum absolute atomic E-state index is 12.9. The number of carbonyl (C=O) groups excluding carboxylic acids is 1. The van der Waals surface area contributed by atoms with E-state index in [1.807, 2.05) is 6.07 Å². The maximum Gasteiger partial charge on any atom is 0.310 e. The molecule has 0 N–H and O–H groups in total. The van der Waals surface area contributed by atoms with Crippen LogP contribution in [-0.4, -0.2) is 71.9 Å². The van der Waals surface area contributed by atoms with Gasteiger partial charge in [-0.1, -0.05) is 6.92 Å². The molecule has 30 heavy (non-hydrogen) atoms. The fourth-order valence-electron chi connectivity index (χ4n) is 7.03. The molecular formula is C23H32N4O3. The van der Waals surface area contributed by atoms with Crippen molar-refractivity contribution in [2.45, 2.75) is 50.7 Å². The van der Waals surface area contributed by atoms with Gasteiger partial charge in [-0.05, 0) is 49.5 Å². The highest BCUT2D eigenvalue weighted by Crippen LogP contribution is 2.62. The SMILES string of the molecule is C[C@]12CCC[C@]3(CO3)[C@H]1C[C@H]1[C@@H](C2)OC(=O)[C@@H]1CN1CCN(c2ncccn2)CC1. The molecule has 1 spiro atoms. The van der Waals surface area contributed by atoms with Crippen molar-refractivity contribution in [3.63, 3.8) is 0 Å². The zero-order valence-electron chi connectivity index (χ0n) is 17.8. The molecule has 6 atom stereocenters. The highest BCUT2D eigenvalue weighted by Gasteiger charge is 2.65. The summed E-state index contributed by atoms with van der Waals surface area (Å²) in [7, 11) is 0. The van der Waals surface area contributed by atoms with E-state index in [0.29, 0.717) is 11.8 Å². The van der Waals surface area contributed by atoms with Crippen LogP contribution in [0.25, 0.3) is 0 Å². The number of ether oxygens (including phenoxy) is 2. The number of anilines is 1. The number of hydrogen-bond donors (Lipinski definition) is 0. The third-order valence-corrected chi connectivity index (χ3v) is 8.74. The molecule has 5 fully saturated rings. The molecule has 6 rings (SSSR count). The molecule has 0 aromatic carbocycles. The molecule has 5 aliphatic rings. The maximum atomic E-state index is 12.9. The number of aromatic nitrogens is 2. The van der Waals surface area contributed by atoms with Gasteiger partial charge in [-0.3, -0.25) is 9.69 Å². The van der Waals surface area contributed by atoms with Crippen molar-refractivity contribution < 1.29 is 14.3 Å². The van der Waals surface area contributed by atoms with Gasteiger partial charge >= 0.3 is 5.97 Å². The first-order valence-electron chi connectivity index (χ1n) is 11.7. The number of rotatable bonds is 3. The lowest BCUT2D eigenvalue weighted by Gasteiger charge is -2.51. The van der Waals surface area contributed by atoms with Gasteiger partial charge in [0.05, 0.1) is 18.1 Å². The Hall–Kier alpha value is -1.73. The molecule has 1 aromatic rings. The molecule has 0 radical (unpaired) electrons. The first kappa shape index (κ1) is 19.0. The molecular weight excluding hydrogens is 380 g/mol. The van der Waals surface area contributed by atoms with Crippen LogP contribution in [0.15, 0.2) is 18.5 Å². The Balaban J connectivity index is 1.12. The Morgan fingerprint density at radius 3 is 2.67 bits per heavy atom. The lowest BCUT2D eigenvalue weighted by molar-refractivity contribution is -0.147. The van der Waals surface area contributed by atoms with Gasteiger partial charge < -0.3 is 14.4 Å². The number of hydrogen-bond acceptors (Lipinski definition) is 7. The summed E-state index contributed by atoms with van der Waals surface area (Å²) < 4.78 is 12.0. The summed E-state index contributed by atoms with van der Waals surface area (Å²) in [5, 5.41) is 0. The fraction of sp³-hybridized carbons (Fsp3) is 0.783. The molecule has 3 saturated heterocycles. The van der Waals surface area contributed by atoms with Crippen molar-refractivity contribution in [3.05, 3.63) is 18.5 Å². The summed E-state index contributed by atoms with van der Waals surface area (Å²) >= 11 is 0. The quantitative estimate of drug-likeness (QED) is 0.556. The van der Waals surface area contributed by atoms with Crippen molar-refractivity contribution in [2.75, 3.05) is 44.2 Å². The Morgan fingerprint density at radius 2 is 1.93 bits per heavy atom. The minimum atomic E-state index is 0.0109. The third kappa shape index (κ3) is 3.04. The normalized spacial score (nSPS) is 43.2. The molecule has 2 saturated carbocycles. The van der Waals surface area contributed by atoms with Crippen LogP contribution in [0.3, 0.4) is 0 Å². The van der Waals surface area contributed by atoms with Crippen molar-refractivity contribution in [2.24, 2.45) is 23.2 Å². The summed E-state index contributed by atoms with van der Waals surface area (Å²) in [4.78, 5) is 26.3. The van der Waals surface area contributed by atoms with Gasteiger partial charge in [-0.25, -0.2) is 9.97 Å². The van der Waals surface area contributed by atoms with E-state index in [1.54, 1.807) is 12.4 Å². The molecule has 0 unspecified atom stereocenters. The van der Waals surface area contributed by atoms with E-state index in [1.165, 1.54) is 19.3 Å². The lowest BCUT2D eigenvalue weighted by Crippen LogP contribution is -2.52. The molecule has 1 aromatic heterocycles. The topological polar surface area (TPSA) is 71.1 Å². The van der Waals surface area contributed by atoms with Crippen molar-refractivity contribution >= 4 is 11.9 Å². The molecule has 4 heterocycles. The van der Waals surface area contributed by atoms with Crippen molar-refractivity contribution in [1.29, 1.82) is 0 Å². The fourth-order valence-corrected chi connectivity index (χ4v) is 7.03. The predicted molar refractivity (Wildman–Crippen MR) is 111 cm³/mol. The second-order valence-corrected chi connectivity index (χ2v) is 10.4. The first-order chi connectivity index (χ1) is 14.6. The minimum absolute atomic E-state index is 0.0109. The average Bonchev–Trinajstić information content (AvgIpc) is 3.46. The summed E-state index contributed by atoms with van der Waals surface area (Å²) in [6.07, 6.45) is 9.51. The van der Waals surface area contributed by atoms with Crippen LogP contribution in [0, 0.1) is 23.2 Å². The van der Waals surface area contributed by atoms with E-state index in [2.05, 4.69) is 26.7 Å². The van der Waals surface area contributed by atoms with Crippen LogP contribution in [-0.2, 0) is 14.3 Å². The van der Waals surface area contributed by atoms with Crippen LogP contribution >= 0.6 is 0 Å². The van der Waals surface area contributed by atoms with E-state index in [-0.39, 0.29) is 29.0 Å². The molecule has 0 amide bonds.